The number of imidazole rings is 1. The van der Waals surface area contributed by atoms with E-state index in [1.807, 2.05) is 11.5 Å². The molecule has 0 aliphatic heterocycles. The maximum Gasteiger partial charge on any atom is 0.261 e. The molecule has 1 aromatic heterocycles. The first-order chi connectivity index (χ1) is 9.41. The number of aromatic nitrogens is 2. The first-order valence-corrected chi connectivity index (χ1v) is 8.40. The summed E-state index contributed by atoms with van der Waals surface area (Å²) in [7, 11) is 1.62. The molecule has 0 aliphatic rings. The van der Waals surface area contributed by atoms with Crippen LogP contribution in [0.5, 0.6) is 5.75 Å². The van der Waals surface area contributed by atoms with Gasteiger partial charge >= 0.3 is 0 Å². The van der Waals surface area contributed by atoms with Crippen LogP contribution in [-0.2, 0) is 22.2 Å². The average Bonchev–Trinajstić information content (AvgIpc) is 2.82. The highest BCUT2D eigenvalue weighted by Crippen LogP contribution is 2.24. The number of aryl methyl sites for hydroxylation is 2. The Morgan fingerprint density at radius 1 is 1.40 bits per heavy atom. The summed E-state index contributed by atoms with van der Waals surface area (Å²) in [5, 5.41) is 0. The minimum Gasteiger partial charge on any atom is -0.487 e. The maximum atomic E-state index is 11.3. The molecular weight excluding hydrogens is 300 g/mol. The normalized spacial score (nSPS) is 11.6. The molecule has 0 unspecified atom stereocenters. The number of nitrogens with zero attached hydrogens (tertiary/aromatic N) is 2. The van der Waals surface area contributed by atoms with Gasteiger partial charge in [0.25, 0.3) is 9.05 Å². The molecular formula is C13H15ClN2O3S. The summed E-state index contributed by atoms with van der Waals surface area (Å²) in [5.74, 6) is 0.593. The smallest absolute Gasteiger partial charge is 0.261 e. The molecule has 0 aliphatic carbocycles. The third-order valence-electron chi connectivity index (χ3n) is 2.94. The van der Waals surface area contributed by atoms with Crippen molar-refractivity contribution in [3.05, 3.63) is 42.0 Å². The van der Waals surface area contributed by atoms with Crippen molar-refractivity contribution in [2.45, 2.75) is 31.9 Å². The lowest BCUT2D eigenvalue weighted by molar-refractivity contribution is 0.295. The second-order valence-electron chi connectivity index (χ2n) is 4.32. The molecule has 0 radical (unpaired) electrons. The minimum atomic E-state index is -3.72. The Bertz CT molecular complexity index is 710. The molecule has 0 amide bonds. The maximum absolute atomic E-state index is 11.3. The fourth-order valence-corrected chi connectivity index (χ4v) is 3.09. The van der Waals surface area contributed by atoms with E-state index in [0.29, 0.717) is 17.9 Å². The van der Waals surface area contributed by atoms with Crippen LogP contribution in [0.15, 0.2) is 35.6 Å². The van der Waals surface area contributed by atoms with E-state index in [9.17, 15) is 8.42 Å². The zero-order valence-electron chi connectivity index (χ0n) is 11.2. The Kier molecular flexibility index (Phi) is 4.35. The number of hydrogen-bond donors (Lipinski definition) is 0. The van der Waals surface area contributed by atoms with Crippen LogP contribution in [0, 0.1) is 6.92 Å². The summed E-state index contributed by atoms with van der Waals surface area (Å²) in [6, 6.07) is 4.70. The number of halogens is 1. The van der Waals surface area contributed by atoms with Crippen LogP contribution in [-0.4, -0.2) is 18.0 Å². The Hall–Kier alpha value is -1.53. The third kappa shape index (κ3) is 3.32. The lowest BCUT2D eigenvalue weighted by Crippen LogP contribution is -2.04. The fourth-order valence-electron chi connectivity index (χ4n) is 1.90. The molecule has 0 atom stereocenters. The zero-order valence-corrected chi connectivity index (χ0v) is 12.8. The standard InChI is InChI=1S/C13H15ClN2O3S/c1-3-16-9-15-7-11(16)8-19-12-4-5-13(10(2)6-12)20(14,17)18/h4-7,9H,3,8H2,1-2H3. The van der Waals surface area contributed by atoms with E-state index in [4.69, 9.17) is 15.4 Å². The van der Waals surface area contributed by atoms with E-state index in [1.54, 1.807) is 31.6 Å². The van der Waals surface area contributed by atoms with Gasteiger partial charge in [-0.05, 0) is 37.6 Å². The summed E-state index contributed by atoms with van der Waals surface area (Å²) in [5.41, 5.74) is 1.51. The van der Waals surface area contributed by atoms with E-state index >= 15 is 0 Å². The van der Waals surface area contributed by atoms with E-state index < -0.39 is 9.05 Å². The van der Waals surface area contributed by atoms with Crippen molar-refractivity contribution in [3.8, 4) is 5.75 Å². The highest BCUT2D eigenvalue weighted by atomic mass is 35.7. The lowest BCUT2D eigenvalue weighted by Gasteiger charge is -2.10. The zero-order chi connectivity index (χ0) is 14.8. The van der Waals surface area contributed by atoms with Crippen LogP contribution in [0.25, 0.3) is 0 Å². The summed E-state index contributed by atoms with van der Waals surface area (Å²) >= 11 is 0. The van der Waals surface area contributed by atoms with Crippen LogP contribution in [0.2, 0.25) is 0 Å². The molecule has 0 fully saturated rings. The Balaban J connectivity index is 2.14. The quantitative estimate of drug-likeness (QED) is 0.796. The van der Waals surface area contributed by atoms with E-state index in [-0.39, 0.29) is 4.90 Å². The van der Waals surface area contributed by atoms with Crippen molar-refractivity contribution in [2.75, 3.05) is 0 Å². The number of ether oxygens (including phenoxy) is 1. The van der Waals surface area contributed by atoms with Crippen LogP contribution in [0.4, 0.5) is 0 Å². The van der Waals surface area contributed by atoms with Crippen molar-refractivity contribution in [1.29, 1.82) is 0 Å². The molecule has 0 saturated heterocycles. The van der Waals surface area contributed by atoms with Crippen LogP contribution in [0.1, 0.15) is 18.2 Å². The number of rotatable bonds is 5. The highest BCUT2D eigenvalue weighted by molar-refractivity contribution is 8.13. The molecule has 2 rings (SSSR count). The first kappa shape index (κ1) is 14.9. The summed E-state index contributed by atoms with van der Waals surface area (Å²) in [4.78, 5) is 4.16. The van der Waals surface area contributed by atoms with Gasteiger partial charge in [0.2, 0.25) is 0 Å². The van der Waals surface area contributed by atoms with Gasteiger partial charge in [-0.25, -0.2) is 13.4 Å². The molecule has 7 heteroatoms. The van der Waals surface area contributed by atoms with Gasteiger partial charge in [0, 0.05) is 17.2 Å². The van der Waals surface area contributed by atoms with E-state index in [0.717, 1.165) is 12.2 Å². The van der Waals surface area contributed by atoms with Crippen molar-refractivity contribution < 1.29 is 13.2 Å². The molecule has 5 nitrogen and oxygen atoms in total. The molecule has 1 heterocycles. The van der Waals surface area contributed by atoms with Crippen LogP contribution in [0.3, 0.4) is 0 Å². The Labute approximate surface area is 122 Å². The summed E-state index contributed by atoms with van der Waals surface area (Å²) in [6.07, 6.45) is 3.49. The topological polar surface area (TPSA) is 61.2 Å². The molecule has 0 saturated carbocycles. The lowest BCUT2D eigenvalue weighted by atomic mass is 10.2. The second kappa shape index (κ2) is 5.85. The Morgan fingerprint density at radius 3 is 2.75 bits per heavy atom. The minimum absolute atomic E-state index is 0.102. The van der Waals surface area contributed by atoms with Gasteiger partial charge < -0.3 is 9.30 Å². The van der Waals surface area contributed by atoms with Gasteiger partial charge in [0.1, 0.15) is 12.4 Å². The van der Waals surface area contributed by atoms with Crippen LogP contribution >= 0.6 is 10.7 Å². The summed E-state index contributed by atoms with van der Waals surface area (Å²) in [6.45, 7) is 4.90. The van der Waals surface area contributed by atoms with Gasteiger partial charge in [0.15, 0.2) is 0 Å². The second-order valence-corrected chi connectivity index (χ2v) is 6.86. The first-order valence-electron chi connectivity index (χ1n) is 6.09. The largest absolute Gasteiger partial charge is 0.487 e. The van der Waals surface area contributed by atoms with Gasteiger partial charge in [-0.15, -0.1) is 0 Å². The molecule has 108 valence electrons. The van der Waals surface area contributed by atoms with Crippen molar-refractivity contribution in [2.24, 2.45) is 0 Å². The highest BCUT2D eigenvalue weighted by Gasteiger charge is 2.13. The molecule has 2 aromatic rings. The predicted octanol–water partition coefficient (Wildman–Crippen LogP) is 2.72. The van der Waals surface area contributed by atoms with E-state index in [1.165, 1.54) is 6.07 Å². The molecule has 0 N–H and O–H groups in total. The SMILES string of the molecule is CCn1cncc1COc1ccc(S(=O)(=O)Cl)c(C)c1. The molecule has 0 spiro atoms. The van der Waals surface area contributed by atoms with E-state index in [2.05, 4.69) is 4.98 Å². The molecule has 1 aromatic carbocycles. The summed E-state index contributed by atoms with van der Waals surface area (Å²) < 4.78 is 30.2. The number of benzene rings is 1. The van der Waals surface area contributed by atoms with Gasteiger partial charge in [-0.2, -0.15) is 0 Å². The third-order valence-corrected chi connectivity index (χ3v) is 4.42. The predicted molar refractivity (Wildman–Crippen MR) is 76.5 cm³/mol. The molecule has 20 heavy (non-hydrogen) atoms. The van der Waals surface area contributed by atoms with Gasteiger partial charge in [0.05, 0.1) is 23.1 Å². The molecule has 0 bridgehead atoms. The van der Waals surface area contributed by atoms with Crippen molar-refractivity contribution >= 4 is 19.7 Å². The monoisotopic (exact) mass is 314 g/mol. The van der Waals surface area contributed by atoms with Gasteiger partial charge in [-0.3, -0.25) is 0 Å². The average molecular weight is 315 g/mol. The fraction of sp³-hybridized carbons (Fsp3) is 0.308. The van der Waals surface area contributed by atoms with Crippen molar-refractivity contribution in [1.82, 2.24) is 9.55 Å². The van der Waals surface area contributed by atoms with Crippen molar-refractivity contribution in [3.63, 3.8) is 0 Å². The van der Waals surface area contributed by atoms with Crippen LogP contribution < -0.4 is 4.74 Å². The van der Waals surface area contributed by atoms with Gasteiger partial charge in [-0.1, -0.05) is 0 Å². The Morgan fingerprint density at radius 2 is 2.15 bits per heavy atom. The number of hydrogen-bond acceptors (Lipinski definition) is 4.